The Balaban J connectivity index is 1.82. The van der Waals surface area contributed by atoms with E-state index < -0.39 is 0 Å². The van der Waals surface area contributed by atoms with E-state index in [9.17, 15) is 14.0 Å². The lowest BCUT2D eigenvalue weighted by Gasteiger charge is -2.18. The topological polar surface area (TPSA) is 52.7 Å². The number of benzene rings is 1. The van der Waals surface area contributed by atoms with Crippen molar-refractivity contribution in [2.24, 2.45) is 5.92 Å². The molecule has 23 heavy (non-hydrogen) atoms. The second-order valence-electron chi connectivity index (χ2n) is 6.34. The number of aryl methyl sites for hydroxylation is 1. The van der Waals surface area contributed by atoms with Crippen LogP contribution in [0.2, 0.25) is 0 Å². The fraction of sp³-hybridized carbons (Fsp3) is 0.529. The van der Waals surface area contributed by atoms with E-state index in [2.05, 4.69) is 5.32 Å². The highest BCUT2D eigenvalue weighted by atomic mass is 19.1. The van der Waals surface area contributed by atoms with E-state index in [4.69, 9.17) is 0 Å². The molecular formula is C17H24FN3O2. The first kappa shape index (κ1) is 17.2. The van der Waals surface area contributed by atoms with E-state index in [1.165, 1.54) is 11.0 Å². The molecule has 0 bridgehead atoms. The molecule has 0 saturated carbocycles. The lowest BCUT2D eigenvalue weighted by molar-refractivity contribution is -0.129. The van der Waals surface area contributed by atoms with Crippen LogP contribution in [0.4, 0.5) is 9.18 Å². The zero-order valence-corrected chi connectivity index (χ0v) is 13.9. The zero-order valence-electron chi connectivity index (χ0n) is 13.9. The lowest BCUT2D eigenvalue weighted by atomic mass is 9.97. The number of carbonyl (C=O) groups is 2. The standard InChI is InChI=1S/C17H24FN3O2/c1-12-8-13(4-5-15(12)18)9-14-6-7-21(11-14)16(22)10-19-17(23)20(2)3/h4-5,8,14H,6-7,9-11H2,1-3H3,(H,19,23). The van der Waals surface area contributed by atoms with E-state index in [0.717, 1.165) is 18.4 Å². The van der Waals surface area contributed by atoms with Crippen LogP contribution in [0.25, 0.3) is 0 Å². The minimum absolute atomic E-state index is 0.0272. The maximum atomic E-state index is 13.3. The smallest absolute Gasteiger partial charge is 0.317 e. The number of nitrogens with zero attached hydrogens (tertiary/aromatic N) is 2. The van der Waals surface area contributed by atoms with Gasteiger partial charge in [-0.25, -0.2) is 9.18 Å². The second-order valence-corrected chi connectivity index (χ2v) is 6.34. The molecule has 1 aliphatic heterocycles. The molecule has 0 aromatic heterocycles. The van der Waals surface area contributed by atoms with E-state index in [1.54, 1.807) is 25.9 Å². The van der Waals surface area contributed by atoms with Gasteiger partial charge in [-0.15, -0.1) is 0 Å². The molecule has 3 amide bonds. The first-order chi connectivity index (χ1) is 10.9. The number of rotatable bonds is 4. The Morgan fingerprint density at radius 2 is 2.13 bits per heavy atom. The van der Waals surface area contributed by atoms with Crippen molar-refractivity contribution in [1.29, 1.82) is 0 Å². The van der Waals surface area contributed by atoms with Crippen LogP contribution in [-0.4, -0.2) is 55.5 Å². The van der Waals surface area contributed by atoms with Gasteiger partial charge >= 0.3 is 6.03 Å². The van der Waals surface area contributed by atoms with Gasteiger partial charge < -0.3 is 15.1 Å². The summed E-state index contributed by atoms with van der Waals surface area (Å²) < 4.78 is 13.3. The summed E-state index contributed by atoms with van der Waals surface area (Å²) in [4.78, 5) is 26.7. The molecule has 1 fully saturated rings. The molecule has 1 unspecified atom stereocenters. The van der Waals surface area contributed by atoms with Crippen LogP contribution >= 0.6 is 0 Å². The highest BCUT2D eigenvalue weighted by molar-refractivity contribution is 5.84. The first-order valence-electron chi connectivity index (χ1n) is 7.84. The van der Waals surface area contributed by atoms with Crippen molar-refractivity contribution in [2.75, 3.05) is 33.7 Å². The third-order valence-electron chi connectivity index (χ3n) is 4.18. The monoisotopic (exact) mass is 321 g/mol. The molecule has 0 spiro atoms. The Bertz CT molecular complexity index is 589. The van der Waals surface area contributed by atoms with Crippen LogP contribution in [0.3, 0.4) is 0 Å². The molecule has 1 atom stereocenters. The van der Waals surface area contributed by atoms with Gasteiger partial charge in [0.25, 0.3) is 0 Å². The van der Waals surface area contributed by atoms with Gasteiger partial charge in [-0.05, 0) is 42.9 Å². The molecule has 1 aromatic carbocycles. The Hall–Kier alpha value is -2.11. The Kier molecular flexibility index (Phi) is 5.58. The highest BCUT2D eigenvalue weighted by Crippen LogP contribution is 2.22. The summed E-state index contributed by atoms with van der Waals surface area (Å²) in [7, 11) is 3.27. The van der Waals surface area contributed by atoms with Gasteiger partial charge in [-0.2, -0.15) is 0 Å². The largest absolute Gasteiger partial charge is 0.341 e. The van der Waals surface area contributed by atoms with Gasteiger partial charge in [0.05, 0.1) is 6.54 Å². The average Bonchev–Trinajstić information content (AvgIpc) is 2.96. The van der Waals surface area contributed by atoms with Crippen molar-refractivity contribution < 1.29 is 14.0 Å². The predicted molar refractivity (Wildman–Crippen MR) is 86.6 cm³/mol. The van der Waals surface area contributed by atoms with Gasteiger partial charge in [0.1, 0.15) is 5.82 Å². The van der Waals surface area contributed by atoms with Crippen molar-refractivity contribution in [2.45, 2.75) is 19.8 Å². The summed E-state index contributed by atoms with van der Waals surface area (Å²) in [5.41, 5.74) is 1.75. The summed E-state index contributed by atoms with van der Waals surface area (Å²) in [6, 6.07) is 4.91. The van der Waals surface area contributed by atoms with Crippen LogP contribution in [0.15, 0.2) is 18.2 Å². The lowest BCUT2D eigenvalue weighted by Crippen LogP contribution is -2.42. The molecule has 0 aliphatic carbocycles. The summed E-state index contributed by atoms with van der Waals surface area (Å²) in [5, 5.41) is 2.59. The first-order valence-corrected chi connectivity index (χ1v) is 7.84. The SMILES string of the molecule is Cc1cc(CC2CCN(C(=O)CNC(=O)N(C)C)C2)ccc1F. The van der Waals surface area contributed by atoms with E-state index in [-0.39, 0.29) is 24.3 Å². The third-order valence-corrected chi connectivity index (χ3v) is 4.18. The van der Waals surface area contributed by atoms with Gasteiger partial charge in [0.15, 0.2) is 0 Å². The van der Waals surface area contributed by atoms with Gasteiger partial charge in [-0.1, -0.05) is 12.1 Å². The number of nitrogens with one attached hydrogen (secondary N) is 1. The maximum Gasteiger partial charge on any atom is 0.317 e. The number of amides is 3. The van der Waals surface area contributed by atoms with Crippen molar-refractivity contribution >= 4 is 11.9 Å². The second kappa shape index (κ2) is 7.44. The van der Waals surface area contributed by atoms with Crippen molar-refractivity contribution in [3.05, 3.63) is 35.1 Å². The Morgan fingerprint density at radius 3 is 2.78 bits per heavy atom. The molecule has 1 saturated heterocycles. The van der Waals surface area contributed by atoms with Crippen LogP contribution in [0.5, 0.6) is 0 Å². The normalized spacial score (nSPS) is 17.2. The number of urea groups is 1. The van der Waals surface area contributed by atoms with Crippen LogP contribution in [-0.2, 0) is 11.2 Å². The van der Waals surface area contributed by atoms with E-state index >= 15 is 0 Å². The fourth-order valence-electron chi connectivity index (χ4n) is 2.81. The van der Waals surface area contributed by atoms with Gasteiger partial charge in [0.2, 0.25) is 5.91 Å². The molecule has 1 N–H and O–H groups in total. The van der Waals surface area contributed by atoms with Gasteiger partial charge in [-0.3, -0.25) is 4.79 Å². The number of hydrogen-bond acceptors (Lipinski definition) is 2. The van der Waals surface area contributed by atoms with Crippen LogP contribution in [0.1, 0.15) is 17.5 Å². The summed E-state index contributed by atoms with van der Waals surface area (Å²) in [6.45, 7) is 3.19. The molecule has 126 valence electrons. The summed E-state index contributed by atoms with van der Waals surface area (Å²) in [6.07, 6.45) is 1.78. The molecule has 1 aliphatic rings. The quantitative estimate of drug-likeness (QED) is 0.919. The summed E-state index contributed by atoms with van der Waals surface area (Å²) >= 11 is 0. The van der Waals surface area contributed by atoms with Crippen molar-refractivity contribution in [3.8, 4) is 0 Å². The Labute approximate surface area is 136 Å². The molecule has 6 heteroatoms. The number of carbonyl (C=O) groups excluding carboxylic acids is 2. The fourth-order valence-corrected chi connectivity index (χ4v) is 2.81. The molecule has 0 radical (unpaired) electrons. The van der Waals surface area contributed by atoms with Crippen molar-refractivity contribution in [3.63, 3.8) is 0 Å². The number of halogens is 1. The molecular weight excluding hydrogens is 297 g/mol. The van der Waals surface area contributed by atoms with Crippen LogP contribution < -0.4 is 5.32 Å². The molecule has 1 aromatic rings. The third kappa shape index (κ3) is 4.68. The highest BCUT2D eigenvalue weighted by Gasteiger charge is 2.26. The molecule has 2 rings (SSSR count). The number of likely N-dealkylation sites (tertiary alicyclic amines) is 1. The number of hydrogen-bond donors (Lipinski definition) is 1. The van der Waals surface area contributed by atoms with E-state index in [1.807, 2.05) is 12.1 Å². The Morgan fingerprint density at radius 1 is 1.39 bits per heavy atom. The predicted octanol–water partition coefficient (Wildman–Crippen LogP) is 1.80. The maximum absolute atomic E-state index is 13.3. The average molecular weight is 321 g/mol. The minimum atomic E-state index is -0.268. The van der Waals surface area contributed by atoms with Gasteiger partial charge in [0, 0.05) is 27.2 Å². The van der Waals surface area contributed by atoms with E-state index in [0.29, 0.717) is 24.6 Å². The molecule has 1 heterocycles. The van der Waals surface area contributed by atoms with Crippen LogP contribution in [0, 0.1) is 18.7 Å². The summed E-state index contributed by atoms with van der Waals surface area (Å²) in [5.74, 6) is 0.139. The zero-order chi connectivity index (χ0) is 17.0. The van der Waals surface area contributed by atoms with Crippen molar-refractivity contribution in [1.82, 2.24) is 15.1 Å². The minimum Gasteiger partial charge on any atom is -0.341 e. The molecule has 5 nitrogen and oxygen atoms in total.